The van der Waals surface area contributed by atoms with Crippen LogP contribution in [-0.2, 0) is 16.4 Å². The average molecular weight is 584 g/mol. The van der Waals surface area contributed by atoms with Gasteiger partial charge >= 0.3 is 0 Å². The van der Waals surface area contributed by atoms with E-state index in [4.69, 9.17) is 4.74 Å². The summed E-state index contributed by atoms with van der Waals surface area (Å²) in [6.07, 6.45) is -0.221. The molecule has 5 rings (SSSR count). The Morgan fingerprint density at radius 2 is 1.64 bits per heavy atom. The maximum Gasteiger partial charge on any atom is 0.268 e. The summed E-state index contributed by atoms with van der Waals surface area (Å²) in [5.41, 5.74) is 1.99. The lowest BCUT2D eigenvalue weighted by molar-refractivity contribution is 0.0979. The fraction of sp³-hybridized carbons (Fsp3) is 0.0938. The summed E-state index contributed by atoms with van der Waals surface area (Å²) in [7, 11) is -3.06. The number of sulfonamides is 1. The number of halogens is 1. The van der Waals surface area contributed by atoms with Crippen molar-refractivity contribution >= 4 is 38.4 Å². The van der Waals surface area contributed by atoms with Crippen molar-refractivity contribution in [3.05, 3.63) is 132 Å². The number of hydrogen-bond acceptors (Lipinski definition) is 6. The molecule has 0 saturated heterocycles. The zero-order chi connectivity index (χ0) is 29.7. The molecule has 5 aromatic rings. The predicted octanol–water partition coefficient (Wildman–Crippen LogP) is 5.87. The van der Waals surface area contributed by atoms with E-state index in [1.54, 1.807) is 48.7 Å². The quantitative estimate of drug-likeness (QED) is 0.224. The van der Waals surface area contributed by atoms with E-state index in [1.165, 1.54) is 49.6 Å². The number of hydrogen-bond donors (Lipinski definition) is 2. The number of ether oxygens (including phenoxy) is 1. The van der Waals surface area contributed by atoms with Crippen LogP contribution in [0.25, 0.3) is 10.9 Å². The number of benzene rings is 4. The highest BCUT2D eigenvalue weighted by atomic mass is 32.2. The van der Waals surface area contributed by atoms with Crippen LogP contribution in [0.15, 0.2) is 114 Å². The van der Waals surface area contributed by atoms with Crippen LogP contribution in [0.5, 0.6) is 5.75 Å². The molecule has 42 heavy (non-hydrogen) atoms. The van der Waals surface area contributed by atoms with Gasteiger partial charge in [-0.05, 0) is 59.7 Å². The van der Waals surface area contributed by atoms with Crippen molar-refractivity contribution in [3.8, 4) is 5.75 Å². The van der Waals surface area contributed by atoms with Crippen molar-refractivity contribution in [1.82, 2.24) is 9.71 Å². The zero-order valence-corrected chi connectivity index (χ0v) is 23.3. The van der Waals surface area contributed by atoms with Gasteiger partial charge in [0.15, 0.2) is 0 Å². The summed E-state index contributed by atoms with van der Waals surface area (Å²) in [4.78, 5) is 29.7. The Morgan fingerprint density at radius 1 is 0.881 bits per heavy atom. The summed E-state index contributed by atoms with van der Waals surface area (Å²) in [6.45, 7) is 0. The Hall–Kier alpha value is -5.09. The van der Waals surface area contributed by atoms with Crippen LogP contribution in [-0.4, -0.2) is 32.3 Å². The van der Waals surface area contributed by atoms with Crippen LogP contribution in [0.2, 0.25) is 0 Å². The smallest absolute Gasteiger partial charge is 0.268 e. The molecule has 212 valence electrons. The topological polar surface area (TPSA) is 114 Å². The Labute approximate surface area is 242 Å². The normalized spacial score (nSPS) is 12.0. The lowest BCUT2D eigenvalue weighted by atomic mass is 9.97. The first-order valence-electron chi connectivity index (χ1n) is 12.9. The number of methoxy groups -OCH3 is 1. The van der Waals surface area contributed by atoms with Gasteiger partial charge in [-0.15, -0.1) is 0 Å². The summed E-state index contributed by atoms with van der Waals surface area (Å²) in [5.74, 6) is -1.31. The lowest BCUT2D eigenvalue weighted by Gasteiger charge is -2.16. The third-order valence-corrected chi connectivity index (χ3v) is 7.95. The molecule has 0 spiro atoms. The van der Waals surface area contributed by atoms with Crippen molar-refractivity contribution in [2.45, 2.75) is 17.5 Å². The molecule has 0 aliphatic carbocycles. The summed E-state index contributed by atoms with van der Waals surface area (Å²) < 4.78 is 49.3. The SMILES string of the molecule is COc1ccc(CC(F)c2ccccc2C(=O)Nc2ccc3cccnc3c2)cc1S(=O)(=O)NC(=O)c1ccccc1. The molecule has 10 heteroatoms. The molecule has 2 N–H and O–H groups in total. The molecule has 4 aromatic carbocycles. The van der Waals surface area contributed by atoms with E-state index in [9.17, 15) is 18.0 Å². The number of pyridine rings is 1. The van der Waals surface area contributed by atoms with Crippen molar-refractivity contribution in [2.75, 3.05) is 12.4 Å². The summed E-state index contributed by atoms with van der Waals surface area (Å²) >= 11 is 0. The number of amides is 2. The first-order chi connectivity index (χ1) is 20.2. The zero-order valence-electron chi connectivity index (χ0n) is 22.5. The molecule has 2 amide bonds. The maximum absolute atomic E-state index is 15.8. The number of aromatic nitrogens is 1. The van der Waals surface area contributed by atoms with Gasteiger partial charge in [-0.2, -0.15) is 0 Å². The number of fused-ring (bicyclic) bond motifs is 1. The molecule has 1 atom stereocenters. The summed E-state index contributed by atoms with van der Waals surface area (Å²) in [6, 6.07) is 27.4. The molecule has 0 saturated carbocycles. The molecule has 0 fully saturated rings. The average Bonchev–Trinajstić information content (AvgIpc) is 3.01. The number of anilines is 1. The minimum absolute atomic E-state index is 0.00725. The largest absolute Gasteiger partial charge is 0.495 e. The second kappa shape index (κ2) is 12.2. The van der Waals surface area contributed by atoms with Crippen LogP contribution >= 0.6 is 0 Å². The van der Waals surface area contributed by atoms with Gasteiger partial charge in [-0.3, -0.25) is 14.6 Å². The molecule has 0 bridgehead atoms. The highest BCUT2D eigenvalue weighted by Gasteiger charge is 2.25. The van der Waals surface area contributed by atoms with Gasteiger partial charge in [0.2, 0.25) is 0 Å². The second-order valence-electron chi connectivity index (χ2n) is 9.41. The standard InChI is InChI=1S/C32H26FN3O5S/c1-41-29-16-13-21(19-30(29)42(39,40)36-31(37)23-8-3-2-4-9-23)18-27(33)25-11-5-6-12-26(25)32(38)35-24-15-14-22-10-7-17-34-28(22)20-24/h2-17,19-20,27H,18H2,1H3,(H,35,38)(H,36,37). The van der Waals surface area contributed by atoms with Crippen molar-refractivity contribution < 1.29 is 27.1 Å². The van der Waals surface area contributed by atoms with Gasteiger partial charge in [0, 0.05) is 34.8 Å². The van der Waals surface area contributed by atoms with E-state index in [1.807, 2.05) is 22.9 Å². The molecule has 1 unspecified atom stereocenters. The monoisotopic (exact) mass is 583 g/mol. The predicted molar refractivity (Wildman–Crippen MR) is 158 cm³/mol. The number of carbonyl (C=O) groups is 2. The van der Waals surface area contributed by atoms with Gasteiger partial charge in [0.1, 0.15) is 16.8 Å². The van der Waals surface area contributed by atoms with Crippen LogP contribution < -0.4 is 14.8 Å². The number of alkyl halides is 1. The van der Waals surface area contributed by atoms with E-state index in [0.717, 1.165) is 5.39 Å². The fourth-order valence-corrected chi connectivity index (χ4v) is 5.71. The third-order valence-electron chi connectivity index (χ3n) is 6.60. The van der Waals surface area contributed by atoms with Gasteiger partial charge in [0.05, 0.1) is 12.6 Å². The Balaban J connectivity index is 1.37. The van der Waals surface area contributed by atoms with Crippen LogP contribution in [0.4, 0.5) is 10.1 Å². The first kappa shape index (κ1) is 28.4. The molecule has 0 aliphatic rings. The van der Waals surface area contributed by atoms with Gasteiger partial charge in [-0.25, -0.2) is 17.5 Å². The lowest BCUT2D eigenvalue weighted by Crippen LogP contribution is -2.31. The molecule has 8 nitrogen and oxygen atoms in total. The number of carbonyl (C=O) groups excluding carboxylic acids is 2. The molecule has 1 heterocycles. The number of rotatable bonds is 9. The maximum atomic E-state index is 15.8. The highest BCUT2D eigenvalue weighted by Crippen LogP contribution is 2.30. The second-order valence-corrected chi connectivity index (χ2v) is 11.1. The van der Waals surface area contributed by atoms with E-state index < -0.39 is 28.0 Å². The van der Waals surface area contributed by atoms with Gasteiger partial charge < -0.3 is 10.1 Å². The first-order valence-corrected chi connectivity index (χ1v) is 14.4. The van der Waals surface area contributed by atoms with Gasteiger partial charge in [0.25, 0.3) is 21.8 Å². The van der Waals surface area contributed by atoms with Crippen LogP contribution in [0.3, 0.4) is 0 Å². The number of nitrogens with one attached hydrogen (secondary N) is 2. The molecule has 0 radical (unpaired) electrons. The molecular weight excluding hydrogens is 557 g/mol. The Kier molecular flexibility index (Phi) is 8.26. The minimum atomic E-state index is -4.36. The van der Waals surface area contributed by atoms with E-state index >= 15 is 4.39 Å². The van der Waals surface area contributed by atoms with Crippen LogP contribution in [0.1, 0.15) is 38.0 Å². The van der Waals surface area contributed by atoms with Crippen molar-refractivity contribution in [2.24, 2.45) is 0 Å². The number of nitrogens with zero attached hydrogens (tertiary/aromatic N) is 1. The van der Waals surface area contributed by atoms with Crippen molar-refractivity contribution in [3.63, 3.8) is 0 Å². The molecular formula is C32H26FN3O5S. The molecule has 1 aromatic heterocycles. The van der Waals surface area contributed by atoms with Gasteiger partial charge in [-0.1, -0.05) is 54.6 Å². The highest BCUT2D eigenvalue weighted by molar-refractivity contribution is 7.90. The van der Waals surface area contributed by atoms with E-state index in [-0.39, 0.29) is 33.8 Å². The molecule has 0 aliphatic heterocycles. The third kappa shape index (κ3) is 6.29. The van der Waals surface area contributed by atoms with Crippen molar-refractivity contribution in [1.29, 1.82) is 0 Å². The Morgan fingerprint density at radius 3 is 2.43 bits per heavy atom. The van der Waals surface area contributed by atoms with E-state index in [2.05, 4.69) is 10.3 Å². The summed E-state index contributed by atoms with van der Waals surface area (Å²) in [5, 5.41) is 3.72. The fourth-order valence-electron chi connectivity index (χ4n) is 4.52. The van der Waals surface area contributed by atoms with Crippen LogP contribution in [0, 0.1) is 0 Å². The Bertz CT molecular complexity index is 1880. The minimum Gasteiger partial charge on any atom is -0.495 e. The van der Waals surface area contributed by atoms with E-state index in [0.29, 0.717) is 16.8 Å².